The number of nitrogens with one attached hydrogen (secondary N) is 1. The van der Waals surface area contributed by atoms with Crippen LogP contribution in [0, 0.1) is 0 Å². The maximum absolute atomic E-state index is 5.82. The molecule has 120 valence electrons. The standard InChI is InChI=1S/C16H21N7/c1-4-11(13-9-23-7-5-6-18-16(23)21-13)19-14-8-12(10(2)3)20-15(17)22-14/h5-11H,4H2,1-3H3,(H3,17,19,20,22). The van der Waals surface area contributed by atoms with Crippen molar-refractivity contribution in [1.29, 1.82) is 0 Å². The lowest BCUT2D eigenvalue weighted by Crippen LogP contribution is -2.13. The van der Waals surface area contributed by atoms with Crippen LogP contribution in [-0.4, -0.2) is 24.3 Å². The lowest BCUT2D eigenvalue weighted by molar-refractivity contribution is 0.722. The molecule has 1 unspecified atom stereocenters. The third-order valence-electron chi connectivity index (χ3n) is 3.70. The van der Waals surface area contributed by atoms with Gasteiger partial charge in [-0.05, 0) is 18.4 Å². The predicted octanol–water partition coefficient (Wildman–Crippen LogP) is 2.79. The van der Waals surface area contributed by atoms with E-state index in [0.29, 0.717) is 11.7 Å². The first-order valence-electron chi connectivity index (χ1n) is 7.77. The van der Waals surface area contributed by atoms with E-state index in [2.05, 4.69) is 46.0 Å². The van der Waals surface area contributed by atoms with Gasteiger partial charge in [0.15, 0.2) is 0 Å². The maximum Gasteiger partial charge on any atom is 0.233 e. The Morgan fingerprint density at radius 3 is 2.74 bits per heavy atom. The van der Waals surface area contributed by atoms with Crippen molar-refractivity contribution in [3.63, 3.8) is 0 Å². The molecule has 0 saturated heterocycles. The highest BCUT2D eigenvalue weighted by atomic mass is 15.1. The molecule has 0 amide bonds. The molecule has 1 atom stereocenters. The number of aromatic nitrogens is 5. The van der Waals surface area contributed by atoms with E-state index in [0.717, 1.165) is 23.6 Å². The van der Waals surface area contributed by atoms with Crippen LogP contribution >= 0.6 is 0 Å². The van der Waals surface area contributed by atoms with Crippen molar-refractivity contribution in [2.45, 2.75) is 39.2 Å². The van der Waals surface area contributed by atoms with Crippen LogP contribution < -0.4 is 11.1 Å². The van der Waals surface area contributed by atoms with Gasteiger partial charge in [-0.15, -0.1) is 0 Å². The van der Waals surface area contributed by atoms with Crippen LogP contribution in [0.5, 0.6) is 0 Å². The van der Waals surface area contributed by atoms with E-state index in [9.17, 15) is 0 Å². The molecule has 3 aromatic heterocycles. The lowest BCUT2D eigenvalue weighted by Gasteiger charge is -2.16. The van der Waals surface area contributed by atoms with Gasteiger partial charge in [-0.25, -0.2) is 15.0 Å². The minimum atomic E-state index is 0.0333. The molecule has 7 nitrogen and oxygen atoms in total. The molecule has 0 radical (unpaired) electrons. The molecule has 0 spiro atoms. The number of anilines is 2. The summed E-state index contributed by atoms with van der Waals surface area (Å²) in [6, 6.07) is 3.86. The molecule has 3 N–H and O–H groups in total. The minimum absolute atomic E-state index is 0.0333. The van der Waals surface area contributed by atoms with Crippen molar-refractivity contribution in [3.8, 4) is 0 Å². The van der Waals surface area contributed by atoms with E-state index in [4.69, 9.17) is 5.73 Å². The molecular formula is C16H21N7. The SMILES string of the molecule is CCC(Nc1cc(C(C)C)nc(N)n1)c1cn2cccnc2n1. The zero-order chi connectivity index (χ0) is 16.4. The smallest absolute Gasteiger partial charge is 0.233 e. The first kappa shape index (κ1) is 15.2. The summed E-state index contributed by atoms with van der Waals surface area (Å²) in [4.78, 5) is 17.4. The summed E-state index contributed by atoms with van der Waals surface area (Å²) >= 11 is 0. The molecule has 3 heterocycles. The van der Waals surface area contributed by atoms with Crippen LogP contribution in [0.4, 0.5) is 11.8 Å². The second-order valence-corrected chi connectivity index (χ2v) is 5.79. The molecule has 0 aromatic carbocycles. The fraction of sp³-hybridized carbons (Fsp3) is 0.375. The van der Waals surface area contributed by atoms with E-state index >= 15 is 0 Å². The molecular weight excluding hydrogens is 290 g/mol. The second kappa shape index (κ2) is 6.20. The predicted molar refractivity (Wildman–Crippen MR) is 90.2 cm³/mol. The highest BCUT2D eigenvalue weighted by Crippen LogP contribution is 2.23. The quantitative estimate of drug-likeness (QED) is 0.752. The fourth-order valence-electron chi connectivity index (χ4n) is 2.44. The largest absolute Gasteiger partial charge is 0.368 e. The van der Waals surface area contributed by atoms with Crippen LogP contribution in [0.3, 0.4) is 0 Å². The van der Waals surface area contributed by atoms with Crippen LogP contribution in [0.25, 0.3) is 5.78 Å². The van der Waals surface area contributed by atoms with Crippen molar-refractivity contribution >= 4 is 17.5 Å². The summed E-state index contributed by atoms with van der Waals surface area (Å²) in [7, 11) is 0. The summed E-state index contributed by atoms with van der Waals surface area (Å²) in [5.41, 5.74) is 7.67. The van der Waals surface area contributed by atoms with E-state index in [1.165, 1.54) is 0 Å². The number of imidazole rings is 1. The van der Waals surface area contributed by atoms with Gasteiger partial charge in [-0.1, -0.05) is 20.8 Å². The number of nitrogens with two attached hydrogens (primary N) is 1. The van der Waals surface area contributed by atoms with E-state index in [1.54, 1.807) is 6.20 Å². The Hall–Kier alpha value is -2.70. The summed E-state index contributed by atoms with van der Waals surface area (Å²) in [5, 5.41) is 3.41. The minimum Gasteiger partial charge on any atom is -0.368 e. The number of hydrogen-bond acceptors (Lipinski definition) is 6. The van der Waals surface area contributed by atoms with Crippen molar-refractivity contribution in [2.75, 3.05) is 11.1 Å². The Labute approximate surface area is 135 Å². The van der Waals surface area contributed by atoms with E-state index in [-0.39, 0.29) is 12.0 Å². The zero-order valence-electron chi connectivity index (χ0n) is 13.6. The summed E-state index contributed by atoms with van der Waals surface area (Å²) in [6.45, 7) is 6.26. The van der Waals surface area contributed by atoms with Gasteiger partial charge in [-0.2, -0.15) is 4.98 Å². The third kappa shape index (κ3) is 3.23. The maximum atomic E-state index is 5.82. The van der Waals surface area contributed by atoms with Gasteiger partial charge in [0.1, 0.15) is 5.82 Å². The molecule has 0 bridgehead atoms. The third-order valence-corrected chi connectivity index (χ3v) is 3.70. The van der Waals surface area contributed by atoms with Gasteiger partial charge in [0.2, 0.25) is 11.7 Å². The van der Waals surface area contributed by atoms with Crippen LogP contribution in [0.2, 0.25) is 0 Å². The van der Waals surface area contributed by atoms with Gasteiger partial charge in [0, 0.05) is 24.7 Å². The molecule has 3 rings (SSSR count). The van der Waals surface area contributed by atoms with Gasteiger partial charge in [0.05, 0.1) is 17.4 Å². The molecule has 0 fully saturated rings. The first-order chi connectivity index (χ1) is 11.1. The van der Waals surface area contributed by atoms with Gasteiger partial charge in [0.25, 0.3) is 0 Å². The number of rotatable bonds is 5. The van der Waals surface area contributed by atoms with Gasteiger partial charge >= 0.3 is 0 Å². The molecule has 0 aliphatic heterocycles. The Balaban J connectivity index is 1.90. The van der Waals surface area contributed by atoms with E-state index < -0.39 is 0 Å². The van der Waals surface area contributed by atoms with Crippen molar-refractivity contribution < 1.29 is 0 Å². The zero-order valence-corrected chi connectivity index (χ0v) is 13.6. The van der Waals surface area contributed by atoms with Gasteiger partial charge < -0.3 is 11.1 Å². The van der Waals surface area contributed by atoms with Gasteiger partial charge in [-0.3, -0.25) is 4.40 Å². The molecule has 0 aliphatic rings. The Morgan fingerprint density at radius 2 is 2.04 bits per heavy atom. The van der Waals surface area contributed by atoms with E-state index in [1.807, 2.05) is 28.9 Å². The fourth-order valence-corrected chi connectivity index (χ4v) is 2.44. The molecule has 7 heteroatoms. The van der Waals surface area contributed by atoms with Crippen molar-refractivity contribution in [2.24, 2.45) is 0 Å². The Morgan fingerprint density at radius 1 is 1.22 bits per heavy atom. The topological polar surface area (TPSA) is 94.0 Å². The summed E-state index contributed by atoms with van der Waals surface area (Å²) < 4.78 is 1.91. The molecule has 3 aromatic rings. The van der Waals surface area contributed by atoms with Crippen LogP contribution in [-0.2, 0) is 0 Å². The number of fused-ring (bicyclic) bond motifs is 1. The van der Waals surface area contributed by atoms with Crippen LogP contribution in [0.1, 0.15) is 50.5 Å². The highest BCUT2D eigenvalue weighted by Gasteiger charge is 2.15. The molecule has 0 saturated carbocycles. The van der Waals surface area contributed by atoms with Crippen molar-refractivity contribution in [1.82, 2.24) is 24.3 Å². The summed E-state index contributed by atoms with van der Waals surface area (Å²) in [6.07, 6.45) is 6.52. The number of nitrogen functional groups attached to an aromatic ring is 1. The normalized spacial score (nSPS) is 12.7. The number of hydrogen-bond donors (Lipinski definition) is 2. The van der Waals surface area contributed by atoms with Crippen LogP contribution in [0.15, 0.2) is 30.7 Å². The summed E-state index contributed by atoms with van der Waals surface area (Å²) in [5.74, 6) is 1.98. The average molecular weight is 311 g/mol. The first-order valence-corrected chi connectivity index (χ1v) is 7.77. The number of nitrogens with zero attached hydrogens (tertiary/aromatic N) is 5. The Bertz CT molecular complexity index is 776. The highest BCUT2D eigenvalue weighted by molar-refractivity contribution is 5.44. The molecule has 0 aliphatic carbocycles. The molecule has 23 heavy (non-hydrogen) atoms. The second-order valence-electron chi connectivity index (χ2n) is 5.79. The van der Waals surface area contributed by atoms with Crippen molar-refractivity contribution in [3.05, 3.63) is 42.1 Å². The lowest BCUT2D eigenvalue weighted by atomic mass is 10.1. The monoisotopic (exact) mass is 311 g/mol. The Kier molecular flexibility index (Phi) is 4.10. The average Bonchev–Trinajstić information content (AvgIpc) is 2.95.